The van der Waals surface area contributed by atoms with Crippen molar-refractivity contribution in [3.63, 3.8) is 0 Å². The van der Waals surface area contributed by atoms with Crippen molar-refractivity contribution in [2.75, 3.05) is 39.6 Å². The minimum absolute atomic E-state index is 0.108. The zero-order valence-electron chi connectivity index (χ0n) is 71.7. The first kappa shape index (κ1) is 107. The van der Waals surface area contributed by atoms with Crippen LogP contribution in [0.25, 0.3) is 0 Å². The molecule has 0 aromatic heterocycles. The molecule has 17 nitrogen and oxygen atoms in total. The second-order valence-electron chi connectivity index (χ2n) is 32.6. The Kier molecular flexibility index (Phi) is 81.1. The molecule has 0 heterocycles. The zero-order chi connectivity index (χ0) is 79.7. The van der Waals surface area contributed by atoms with Gasteiger partial charge in [0.05, 0.1) is 26.4 Å². The van der Waals surface area contributed by atoms with Crippen LogP contribution in [0, 0.1) is 5.92 Å². The number of phosphoric acid groups is 2. The number of carbonyl (C=O) groups excluding carboxylic acids is 4. The highest BCUT2D eigenvalue weighted by Crippen LogP contribution is 2.45. The molecular formula is C90H176O17P2. The normalized spacial score (nSPS) is 13.9. The van der Waals surface area contributed by atoms with Gasteiger partial charge in [-0.15, -0.1) is 0 Å². The Morgan fingerprint density at radius 3 is 0.651 bits per heavy atom. The molecule has 3 N–H and O–H groups in total. The number of esters is 4. The number of carbonyl (C=O) groups is 4. The summed E-state index contributed by atoms with van der Waals surface area (Å²) in [4.78, 5) is 73.0. The van der Waals surface area contributed by atoms with Gasteiger partial charge < -0.3 is 33.8 Å². The van der Waals surface area contributed by atoms with Crippen molar-refractivity contribution in [3.8, 4) is 0 Å². The van der Waals surface area contributed by atoms with Crippen LogP contribution in [-0.4, -0.2) is 96.7 Å². The number of aliphatic hydroxyl groups is 1. The highest BCUT2D eigenvalue weighted by Gasteiger charge is 2.31. The third kappa shape index (κ3) is 82.4. The van der Waals surface area contributed by atoms with Crippen LogP contribution in [0.5, 0.6) is 0 Å². The fourth-order valence-electron chi connectivity index (χ4n) is 14.1. The van der Waals surface area contributed by atoms with Gasteiger partial charge in [-0.3, -0.25) is 37.3 Å². The van der Waals surface area contributed by atoms with Crippen LogP contribution in [0.3, 0.4) is 0 Å². The molecule has 0 aliphatic heterocycles. The van der Waals surface area contributed by atoms with Crippen LogP contribution in [0.15, 0.2) is 0 Å². The van der Waals surface area contributed by atoms with Crippen LogP contribution in [0.2, 0.25) is 0 Å². The van der Waals surface area contributed by atoms with Gasteiger partial charge in [0.1, 0.15) is 19.3 Å². The quantitative estimate of drug-likeness (QED) is 0.0222. The molecule has 109 heavy (non-hydrogen) atoms. The van der Waals surface area contributed by atoms with Gasteiger partial charge in [0.25, 0.3) is 0 Å². The number of aliphatic hydroxyl groups excluding tert-OH is 1. The lowest BCUT2D eigenvalue weighted by Crippen LogP contribution is -2.30. The Bertz CT molecular complexity index is 2070. The number of unbranched alkanes of at least 4 members (excludes halogenated alkanes) is 61. The minimum atomic E-state index is -4.97. The molecule has 19 heteroatoms. The number of hydrogen-bond donors (Lipinski definition) is 3. The van der Waals surface area contributed by atoms with Gasteiger partial charge in [-0.05, 0) is 31.6 Å². The molecule has 0 aliphatic carbocycles. The highest BCUT2D eigenvalue weighted by atomic mass is 31.2. The van der Waals surface area contributed by atoms with E-state index >= 15 is 0 Å². The zero-order valence-corrected chi connectivity index (χ0v) is 73.5. The third-order valence-corrected chi connectivity index (χ3v) is 23.5. The van der Waals surface area contributed by atoms with Gasteiger partial charge in [0.15, 0.2) is 12.2 Å². The molecule has 0 aliphatic rings. The predicted molar refractivity (Wildman–Crippen MR) is 451 cm³/mol. The van der Waals surface area contributed by atoms with Gasteiger partial charge in [-0.1, -0.05) is 439 Å². The number of ether oxygens (including phenoxy) is 4. The summed E-state index contributed by atoms with van der Waals surface area (Å²) in [5.41, 5.74) is 0. The molecule has 648 valence electrons. The molecule has 0 rings (SSSR count). The summed E-state index contributed by atoms with van der Waals surface area (Å²) < 4.78 is 68.7. The van der Waals surface area contributed by atoms with E-state index in [1.807, 2.05) is 0 Å². The van der Waals surface area contributed by atoms with E-state index in [0.29, 0.717) is 25.7 Å². The Balaban J connectivity index is 5.08. The molecule has 0 aromatic rings. The van der Waals surface area contributed by atoms with E-state index < -0.39 is 97.5 Å². The first-order valence-electron chi connectivity index (χ1n) is 46.7. The predicted octanol–water partition coefficient (Wildman–Crippen LogP) is 27.9. The SMILES string of the molecule is CCCCCCCCCCCCCCCCCCCCCCCCC(=O)OC[C@H](COP(=O)(O)OC[C@@H](O)COP(=O)(O)OC[C@@H](COC(=O)CCCCCCC)OC(=O)CCCCCCCCCCCCCCCCCCCCCC)OC(=O)CCCCCCCCCCCCCCCCCCCCC(C)CC. The van der Waals surface area contributed by atoms with Crippen LogP contribution in [-0.2, 0) is 65.4 Å². The van der Waals surface area contributed by atoms with Crippen molar-refractivity contribution < 1.29 is 80.2 Å². The Morgan fingerprint density at radius 1 is 0.257 bits per heavy atom. The first-order chi connectivity index (χ1) is 53.1. The minimum Gasteiger partial charge on any atom is -0.462 e. The van der Waals surface area contributed by atoms with Crippen molar-refractivity contribution in [2.45, 2.75) is 509 Å². The Labute approximate surface area is 670 Å². The van der Waals surface area contributed by atoms with Crippen molar-refractivity contribution in [1.29, 1.82) is 0 Å². The van der Waals surface area contributed by atoms with Crippen LogP contribution >= 0.6 is 15.6 Å². The maximum absolute atomic E-state index is 13.2. The molecule has 0 bridgehead atoms. The number of hydrogen-bond acceptors (Lipinski definition) is 15. The lowest BCUT2D eigenvalue weighted by Gasteiger charge is -2.21. The van der Waals surface area contributed by atoms with Gasteiger partial charge in [0.2, 0.25) is 0 Å². The second-order valence-corrected chi connectivity index (χ2v) is 35.5. The molecule has 0 fully saturated rings. The molecule has 0 saturated heterocycles. The molecule has 0 aromatic carbocycles. The average molecular weight is 1590 g/mol. The van der Waals surface area contributed by atoms with Crippen LogP contribution in [0.4, 0.5) is 0 Å². The van der Waals surface area contributed by atoms with Crippen molar-refractivity contribution in [1.82, 2.24) is 0 Å². The van der Waals surface area contributed by atoms with E-state index in [1.165, 1.54) is 308 Å². The molecule has 3 unspecified atom stereocenters. The average Bonchev–Trinajstić information content (AvgIpc) is 0.900. The van der Waals surface area contributed by atoms with Crippen LogP contribution < -0.4 is 0 Å². The fourth-order valence-corrected chi connectivity index (χ4v) is 15.7. The summed E-state index contributed by atoms with van der Waals surface area (Å²) in [6, 6.07) is 0. The molecule has 0 spiro atoms. The Hall–Kier alpha value is -1.94. The number of phosphoric ester groups is 2. The van der Waals surface area contributed by atoms with Gasteiger partial charge >= 0.3 is 39.5 Å². The monoisotopic (exact) mass is 1590 g/mol. The van der Waals surface area contributed by atoms with Crippen LogP contribution in [0.1, 0.15) is 490 Å². The number of rotatable bonds is 90. The first-order valence-corrected chi connectivity index (χ1v) is 49.7. The topological polar surface area (TPSA) is 237 Å². The smallest absolute Gasteiger partial charge is 0.462 e. The molecule has 0 amide bonds. The van der Waals surface area contributed by atoms with E-state index in [-0.39, 0.29) is 25.7 Å². The molecule has 0 radical (unpaired) electrons. The maximum Gasteiger partial charge on any atom is 0.472 e. The lowest BCUT2D eigenvalue weighted by molar-refractivity contribution is -0.161. The highest BCUT2D eigenvalue weighted by molar-refractivity contribution is 7.47. The summed E-state index contributed by atoms with van der Waals surface area (Å²) in [5.74, 6) is -1.24. The van der Waals surface area contributed by atoms with E-state index in [2.05, 4.69) is 34.6 Å². The van der Waals surface area contributed by atoms with E-state index in [9.17, 15) is 43.2 Å². The fraction of sp³-hybridized carbons (Fsp3) is 0.956. The summed E-state index contributed by atoms with van der Waals surface area (Å²) in [6.07, 6.45) is 78.5. The maximum atomic E-state index is 13.2. The van der Waals surface area contributed by atoms with E-state index in [0.717, 1.165) is 102 Å². The standard InChI is InChI=1S/C90H176O17P2/c1-6-10-13-16-18-20-22-24-26-28-30-32-33-35-39-43-47-51-55-59-64-69-74-88(93)101-80-86(107-90(95)76-71-66-61-57-53-49-45-41-37-36-38-42-46-50-54-58-63-67-72-83(5)9-4)82-105-109(98,99)103-78-84(91)77-102-108(96,97)104-81-85(79-100-87(92)73-68-62-15-12-8-3)106-89(94)75-70-65-60-56-52-48-44-40-34-31-29-27-25-23-21-19-17-14-11-7-2/h83-86,91H,6-82H2,1-5H3,(H,96,97)(H,98,99)/t83?,84-,85+,86+/m0/s1. The summed E-state index contributed by atoms with van der Waals surface area (Å²) in [7, 11) is -9.92. The van der Waals surface area contributed by atoms with Gasteiger partial charge in [-0.2, -0.15) is 0 Å². The van der Waals surface area contributed by atoms with E-state index in [4.69, 9.17) is 37.0 Å². The van der Waals surface area contributed by atoms with Gasteiger partial charge in [-0.25, -0.2) is 9.13 Å². The van der Waals surface area contributed by atoms with E-state index in [1.54, 1.807) is 0 Å². The molecule has 6 atom stereocenters. The molecular weight excluding hydrogens is 1410 g/mol. The van der Waals surface area contributed by atoms with Crippen molar-refractivity contribution in [3.05, 3.63) is 0 Å². The summed E-state index contributed by atoms with van der Waals surface area (Å²) in [5, 5.41) is 10.7. The lowest BCUT2D eigenvalue weighted by atomic mass is 9.99. The van der Waals surface area contributed by atoms with Crippen molar-refractivity contribution in [2.24, 2.45) is 5.92 Å². The Morgan fingerprint density at radius 2 is 0.440 bits per heavy atom. The van der Waals surface area contributed by atoms with Gasteiger partial charge in [0, 0.05) is 25.7 Å². The second kappa shape index (κ2) is 82.6. The summed E-state index contributed by atoms with van der Waals surface area (Å²) in [6.45, 7) is 7.36. The third-order valence-electron chi connectivity index (χ3n) is 21.6. The largest absolute Gasteiger partial charge is 0.472 e. The summed E-state index contributed by atoms with van der Waals surface area (Å²) >= 11 is 0. The molecule has 0 saturated carbocycles. The van der Waals surface area contributed by atoms with Crippen molar-refractivity contribution >= 4 is 39.5 Å².